The van der Waals surface area contributed by atoms with Crippen LogP contribution in [0.15, 0.2) is 5.16 Å². The van der Waals surface area contributed by atoms with Crippen molar-refractivity contribution in [2.45, 2.75) is 26.3 Å². The molecule has 0 heterocycles. The Morgan fingerprint density at radius 2 is 2.00 bits per heavy atom. The Balaban J connectivity index is 4.03. The van der Waals surface area contributed by atoms with E-state index in [1.807, 2.05) is 0 Å². The van der Waals surface area contributed by atoms with Gasteiger partial charge in [-0.05, 0) is 20.8 Å². The number of rotatable bonds is 1. The van der Waals surface area contributed by atoms with Crippen molar-refractivity contribution in [3.05, 3.63) is 0 Å². The van der Waals surface area contributed by atoms with Gasteiger partial charge in [0.25, 0.3) is 0 Å². The molecule has 0 unspecified atom stereocenters. The van der Waals surface area contributed by atoms with E-state index in [2.05, 4.69) is 5.16 Å². The molecule has 48 valence electrons. The average Bonchev–Trinajstić information content (AvgIpc) is 1.62. The fourth-order valence-corrected chi connectivity index (χ4v) is 0.129. The van der Waals surface area contributed by atoms with Crippen LogP contribution < -0.4 is 5.73 Å². The molecule has 0 aromatic heterocycles. The molecule has 0 radical (unpaired) electrons. The van der Waals surface area contributed by atoms with Crippen LogP contribution in [0.2, 0.25) is 0 Å². The summed E-state index contributed by atoms with van der Waals surface area (Å²) in [5.74, 6) is 0. The lowest BCUT2D eigenvalue weighted by atomic mass is 10.0. The lowest BCUT2D eigenvalue weighted by Crippen LogP contribution is -2.39. The molecular formula is C5H12N2O. The zero-order valence-corrected chi connectivity index (χ0v) is 5.47. The number of hydrogen-bond donors (Lipinski definition) is 2. The standard InChI is InChI=1S/C5H12N2O/c1-4(7-8)5(2,3)6/h8H,6H2,1-3H3/b7-4-. The van der Waals surface area contributed by atoms with Crippen LogP contribution in [0.1, 0.15) is 20.8 Å². The van der Waals surface area contributed by atoms with Gasteiger partial charge in [-0.2, -0.15) is 0 Å². The van der Waals surface area contributed by atoms with Gasteiger partial charge in [-0.3, -0.25) is 0 Å². The van der Waals surface area contributed by atoms with Crippen molar-refractivity contribution in [1.29, 1.82) is 0 Å². The minimum absolute atomic E-state index is 0.491. The van der Waals surface area contributed by atoms with Crippen LogP contribution in [0.25, 0.3) is 0 Å². The first-order valence-electron chi connectivity index (χ1n) is 2.46. The molecule has 3 N–H and O–H groups in total. The maximum Gasteiger partial charge on any atom is 0.0732 e. The molecule has 0 saturated carbocycles. The molecular weight excluding hydrogens is 104 g/mol. The van der Waals surface area contributed by atoms with Crippen molar-refractivity contribution >= 4 is 5.71 Å². The van der Waals surface area contributed by atoms with Crippen LogP contribution >= 0.6 is 0 Å². The quantitative estimate of drug-likeness (QED) is 0.299. The number of hydrogen-bond acceptors (Lipinski definition) is 3. The highest BCUT2D eigenvalue weighted by Crippen LogP contribution is 1.98. The minimum Gasteiger partial charge on any atom is -0.411 e. The smallest absolute Gasteiger partial charge is 0.0732 e. The van der Waals surface area contributed by atoms with Gasteiger partial charge in [-0.1, -0.05) is 5.16 Å². The SMILES string of the molecule is C/C(=N/O)C(C)(C)N. The second kappa shape index (κ2) is 2.13. The highest BCUT2D eigenvalue weighted by molar-refractivity contribution is 5.89. The fourth-order valence-electron chi connectivity index (χ4n) is 0.129. The van der Waals surface area contributed by atoms with Crippen molar-refractivity contribution < 1.29 is 5.21 Å². The van der Waals surface area contributed by atoms with Gasteiger partial charge in [0.2, 0.25) is 0 Å². The van der Waals surface area contributed by atoms with Gasteiger partial charge in [-0.25, -0.2) is 0 Å². The molecule has 0 spiro atoms. The summed E-state index contributed by atoms with van der Waals surface area (Å²) < 4.78 is 0. The van der Waals surface area contributed by atoms with Crippen LogP contribution in [0.4, 0.5) is 0 Å². The van der Waals surface area contributed by atoms with Gasteiger partial charge in [0, 0.05) is 0 Å². The highest BCUT2D eigenvalue weighted by Gasteiger charge is 2.14. The lowest BCUT2D eigenvalue weighted by Gasteiger charge is -2.15. The number of nitrogens with zero attached hydrogens (tertiary/aromatic N) is 1. The van der Waals surface area contributed by atoms with E-state index in [4.69, 9.17) is 10.9 Å². The van der Waals surface area contributed by atoms with Gasteiger partial charge in [0.05, 0.1) is 11.3 Å². The van der Waals surface area contributed by atoms with E-state index in [-0.39, 0.29) is 0 Å². The monoisotopic (exact) mass is 116 g/mol. The Kier molecular flexibility index (Phi) is 1.98. The molecule has 3 heteroatoms. The fraction of sp³-hybridized carbons (Fsp3) is 0.800. The Bertz CT molecular complexity index is 101. The summed E-state index contributed by atoms with van der Waals surface area (Å²) in [6.45, 7) is 5.24. The van der Waals surface area contributed by atoms with E-state index >= 15 is 0 Å². The highest BCUT2D eigenvalue weighted by atomic mass is 16.4. The summed E-state index contributed by atoms with van der Waals surface area (Å²) in [4.78, 5) is 0. The summed E-state index contributed by atoms with van der Waals surface area (Å²) in [5, 5.41) is 11.1. The van der Waals surface area contributed by atoms with Crippen molar-refractivity contribution in [1.82, 2.24) is 0 Å². The summed E-state index contributed by atoms with van der Waals surface area (Å²) in [6.07, 6.45) is 0. The van der Waals surface area contributed by atoms with Gasteiger partial charge < -0.3 is 10.9 Å². The molecule has 0 bridgehead atoms. The molecule has 0 saturated heterocycles. The van der Waals surface area contributed by atoms with Crippen LogP contribution in [0.5, 0.6) is 0 Å². The van der Waals surface area contributed by atoms with E-state index in [1.54, 1.807) is 20.8 Å². The third-order valence-electron chi connectivity index (χ3n) is 1.08. The van der Waals surface area contributed by atoms with Crippen LogP contribution in [-0.4, -0.2) is 16.5 Å². The van der Waals surface area contributed by atoms with Crippen LogP contribution in [0, 0.1) is 0 Å². The van der Waals surface area contributed by atoms with Crippen molar-refractivity contribution in [3.63, 3.8) is 0 Å². The molecule has 0 aromatic carbocycles. The first-order valence-corrected chi connectivity index (χ1v) is 2.46. The van der Waals surface area contributed by atoms with Crippen LogP contribution in [0.3, 0.4) is 0 Å². The van der Waals surface area contributed by atoms with E-state index < -0.39 is 5.54 Å². The van der Waals surface area contributed by atoms with Crippen molar-refractivity contribution in [2.75, 3.05) is 0 Å². The van der Waals surface area contributed by atoms with E-state index in [0.29, 0.717) is 5.71 Å². The first-order chi connectivity index (χ1) is 3.48. The third kappa shape index (κ3) is 1.93. The maximum absolute atomic E-state index is 8.18. The second-order valence-electron chi connectivity index (χ2n) is 2.41. The minimum atomic E-state index is -0.491. The van der Waals surface area contributed by atoms with Crippen molar-refractivity contribution in [3.8, 4) is 0 Å². The van der Waals surface area contributed by atoms with Gasteiger partial charge in [0.15, 0.2) is 0 Å². The maximum atomic E-state index is 8.18. The topological polar surface area (TPSA) is 58.6 Å². The molecule has 0 amide bonds. The van der Waals surface area contributed by atoms with Crippen LogP contribution in [-0.2, 0) is 0 Å². The molecule has 0 fully saturated rings. The number of nitrogens with two attached hydrogens (primary N) is 1. The number of oxime groups is 1. The Morgan fingerprint density at radius 1 is 1.62 bits per heavy atom. The zero-order valence-electron chi connectivity index (χ0n) is 5.47. The summed E-state index contributed by atoms with van der Waals surface area (Å²) in [7, 11) is 0. The second-order valence-corrected chi connectivity index (χ2v) is 2.41. The van der Waals surface area contributed by atoms with E-state index in [0.717, 1.165) is 0 Å². The molecule has 0 aliphatic heterocycles. The van der Waals surface area contributed by atoms with Gasteiger partial charge >= 0.3 is 0 Å². The molecule has 0 atom stereocenters. The molecule has 8 heavy (non-hydrogen) atoms. The predicted octanol–water partition coefficient (Wildman–Crippen LogP) is 0.574. The summed E-state index contributed by atoms with van der Waals surface area (Å²) in [5.41, 5.74) is 5.55. The Morgan fingerprint density at radius 3 is 2.00 bits per heavy atom. The molecule has 0 aromatic rings. The third-order valence-corrected chi connectivity index (χ3v) is 1.08. The summed E-state index contributed by atoms with van der Waals surface area (Å²) >= 11 is 0. The molecule has 3 nitrogen and oxygen atoms in total. The van der Waals surface area contributed by atoms with Gasteiger partial charge in [-0.15, -0.1) is 0 Å². The summed E-state index contributed by atoms with van der Waals surface area (Å²) in [6, 6.07) is 0. The van der Waals surface area contributed by atoms with E-state index in [1.165, 1.54) is 0 Å². The normalized spacial score (nSPS) is 14.2. The lowest BCUT2D eigenvalue weighted by molar-refractivity contribution is 0.314. The molecule has 0 rings (SSSR count). The molecule has 0 aliphatic rings. The zero-order chi connectivity index (χ0) is 6.78. The largest absolute Gasteiger partial charge is 0.411 e. The van der Waals surface area contributed by atoms with Crippen molar-refractivity contribution in [2.24, 2.45) is 10.9 Å². The Labute approximate surface area is 49.2 Å². The average molecular weight is 116 g/mol. The first kappa shape index (κ1) is 7.43. The predicted molar refractivity (Wildman–Crippen MR) is 33.2 cm³/mol. The molecule has 0 aliphatic carbocycles. The van der Waals surface area contributed by atoms with E-state index in [9.17, 15) is 0 Å². The Hall–Kier alpha value is -0.570. The van der Waals surface area contributed by atoms with Gasteiger partial charge in [0.1, 0.15) is 0 Å².